The fraction of sp³-hybridized carbons (Fsp3) is 0.556. The molecule has 0 spiro atoms. The van der Waals surface area contributed by atoms with Gasteiger partial charge in [-0.25, -0.2) is 0 Å². The lowest BCUT2D eigenvalue weighted by Gasteiger charge is -2.30. The molecule has 22 heavy (non-hydrogen) atoms. The molecule has 1 atom stereocenters. The number of aryl methyl sites for hydroxylation is 2. The second-order valence-corrected chi connectivity index (χ2v) is 6.53. The van der Waals surface area contributed by atoms with Gasteiger partial charge < -0.3 is 5.11 Å². The van der Waals surface area contributed by atoms with Crippen LogP contribution in [-0.4, -0.2) is 41.4 Å². The minimum absolute atomic E-state index is 0.111. The molecule has 1 aromatic carbocycles. The zero-order chi connectivity index (χ0) is 15.5. The van der Waals surface area contributed by atoms with Crippen molar-refractivity contribution in [2.24, 2.45) is 5.92 Å². The highest BCUT2D eigenvalue weighted by molar-refractivity contribution is 5.97. The second-order valence-electron chi connectivity index (χ2n) is 6.53. The smallest absolute Gasteiger partial charge is 0.307 e. The number of carbonyl (C=O) groups excluding carboxylic acids is 1. The van der Waals surface area contributed by atoms with Gasteiger partial charge in [0.15, 0.2) is 5.78 Å². The van der Waals surface area contributed by atoms with Crippen LogP contribution in [0, 0.1) is 5.92 Å². The van der Waals surface area contributed by atoms with Crippen LogP contribution in [0.1, 0.15) is 47.2 Å². The van der Waals surface area contributed by atoms with Gasteiger partial charge in [-0.15, -0.1) is 0 Å². The largest absolute Gasteiger partial charge is 0.481 e. The average molecular weight is 301 g/mol. The first-order valence-corrected chi connectivity index (χ1v) is 8.23. The highest BCUT2D eigenvalue weighted by atomic mass is 16.4. The summed E-state index contributed by atoms with van der Waals surface area (Å²) in [4.78, 5) is 25.6. The predicted octanol–water partition coefficient (Wildman–Crippen LogP) is 2.54. The van der Waals surface area contributed by atoms with Crippen molar-refractivity contribution >= 4 is 11.8 Å². The van der Waals surface area contributed by atoms with Crippen molar-refractivity contribution in [3.63, 3.8) is 0 Å². The lowest BCUT2D eigenvalue weighted by Crippen LogP contribution is -2.41. The normalized spacial score (nSPS) is 22.1. The van der Waals surface area contributed by atoms with E-state index in [1.807, 2.05) is 11.0 Å². The summed E-state index contributed by atoms with van der Waals surface area (Å²) in [5.74, 6) is -0.963. The van der Waals surface area contributed by atoms with E-state index in [0.29, 0.717) is 13.1 Å². The summed E-state index contributed by atoms with van der Waals surface area (Å²) in [7, 11) is 0. The van der Waals surface area contributed by atoms with Gasteiger partial charge in [0, 0.05) is 12.1 Å². The number of carbonyl (C=O) groups is 2. The Labute approximate surface area is 131 Å². The minimum atomic E-state index is -0.745. The highest BCUT2D eigenvalue weighted by Crippen LogP contribution is 2.23. The molecule has 118 valence electrons. The molecule has 1 saturated heterocycles. The summed E-state index contributed by atoms with van der Waals surface area (Å²) in [5.41, 5.74) is 3.48. The van der Waals surface area contributed by atoms with Crippen molar-refractivity contribution in [3.8, 4) is 0 Å². The van der Waals surface area contributed by atoms with Crippen LogP contribution in [0.15, 0.2) is 18.2 Å². The standard InChI is InChI=1S/C18H23NO3/c20-17(12-19-9-3-6-16(11-19)18(21)22)15-8-7-13-4-1-2-5-14(13)10-15/h7-8,10,16H,1-6,9,11-12H2,(H,21,22). The summed E-state index contributed by atoms with van der Waals surface area (Å²) in [6, 6.07) is 6.08. The van der Waals surface area contributed by atoms with Gasteiger partial charge in [0.05, 0.1) is 12.5 Å². The number of rotatable bonds is 4. The number of fused-ring (bicyclic) bond motifs is 1. The number of ketones is 1. The average Bonchev–Trinajstić information content (AvgIpc) is 2.54. The Hall–Kier alpha value is -1.68. The molecule has 1 aliphatic heterocycles. The zero-order valence-electron chi connectivity index (χ0n) is 12.9. The van der Waals surface area contributed by atoms with Crippen molar-refractivity contribution in [1.29, 1.82) is 0 Å². The number of hydrogen-bond donors (Lipinski definition) is 1. The zero-order valence-corrected chi connectivity index (χ0v) is 12.9. The van der Waals surface area contributed by atoms with Crippen LogP contribution >= 0.6 is 0 Å². The molecule has 1 unspecified atom stereocenters. The maximum atomic E-state index is 12.5. The molecule has 4 nitrogen and oxygen atoms in total. The number of carboxylic acid groups (broad SMARTS) is 1. The molecule has 3 rings (SSSR count). The molecule has 1 N–H and O–H groups in total. The van der Waals surface area contributed by atoms with Crippen molar-refractivity contribution in [2.75, 3.05) is 19.6 Å². The lowest BCUT2D eigenvalue weighted by atomic mass is 9.89. The Kier molecular flexibility index (Phi) is 4.57. The van der Waals surface area contributed by atoms with E-state index in [9.17, 15) is 9.59 Å². The molecule has 1 heterocycles. The fourth-order valence-electron chi connectivity index (χ4n) is 3.60. The van der Waals surface area contributed by atoms with E-state index in [4.69, 9.17) is 5.11 Å². The molecule has 0 bridgehead atoms. The van der Waals surface area contributed by atoms with E-state index in [-0.39, 0.29) is 11.7 Å². The third-order valence-corrected chi connectivity index (χ3v) is 4.89. The highest BCUT2D eigenvalue weighted by Gasteiger charge is 2.26. The summed E-state index contributed by atoms with van der Waals surface area (Å²) >= 11 is 0. The van der Waals surface area contributed by atoms with Crippen molar-refractivity contribution < 1.29 is 14.7 Å². The molecule has 4 heteroatoms. The number of piperidine rings is 1. The Morgan fingerprint density at radius 3 is 2.68 bits per heavy atom. The van der Waals surface area contributed by atoms with Gasteiger partial charge in [0.1, 0.15) is 0 Å². The van der Waals surface area contributed by atoms with Gasteiger partial charge in [-0.1, -0.05) is 12.1 Å². The van der Waals surface area contributed by atoms with Crippen LogP contribution in [0.4, 0.5) is 0 Å². The van der Waals surface area contributed by atoms with Gasteiger partial charge in [-0.3, -0.25) is 14.5 Å². The number of benzene rings is 1. The summed E-state index contributed by atoms with van der Waals surface area (Å²) in [5, 5.41) is 9.13. The van der Waals surface area contributed by atoms with Crippen molar-refractivity contribution in [2.45, 2.75) is 38.5 Å². The Morgan fingerprint density at radius 2 is 1.91 bits per heavy atom. The monoisotopic (exact) mass is 301 g/mol. The predicted molar refractivity (Wildman–Crippen MR) is 84.2 cm³/mol. The van der Waals surface area contributed by atoms with Crippen LogP contribution in [0.3, 0.4) is 0 Å². The van der Waals surface area contributed by atoms with E-state index in [1.54, 1.807) is 0 Å². The molecular formula is C18H23NO3. The Balaban J connectivity index is 1.65. The molecule has 0 aromatic heterocycles. The first kappa shape index (κ1) is 15.2. The van der Waals surface area contributed by atoms with Crippen molar-refractivity contribution in [3.05, 3.63) is 34.9 Å². The quantitative estimate of drug-likeness (QED) is 0.868. The number of nitrogens with zero attached hydrogens (tertiary/aromatic N) is 1. The van der Waals surface area contributed by atoms with Crippen LogP contribution in [0.5, 0.6) is 0 Å². The van der Waals surface area contributed by atoms with Crippen LogP contribution in [0.2, 0.25) is 0 Å². The minimum Gasteiger partial charge on any atom is -0.481 e. The summed E-state index contributed by atoms with van der Waals surface area (Å²) < 4.78 is 0. The number of carboxylic acids is 1. The molecule has 0 saturated carbocycles. The molecule has 1 fully saturated rings. The summed E-state index contributed by atoms with van der Waals surface area (Å²) in [6.45, 7) is 1.65. The van der Waals surface area contributed by atoms with E-state index < -0.39 is 5.97 Å². The first-order valence-electron chi connectivity index (χ1n) is 8.23. The van der Waals surface area contributed by atoms with Crippen LogP contribution in [0.25, 0.3) is 0 Å². The third kappa shape index (κ3) is 3.38. The third-order valence-electron chi connectivity index (χ3n) is 4.89. The van der Waals surface area contributed by atoms with E-state index in [2.05, 4.69) is 12.1 Å². The van der Waals surface area contributed by atoms with E-state index in [0.717, 1.165) is 37.8 Å². The molecule has 1 aliphatic carbocycles. The fourth-order valence-corrected chi connectivity index (χ4v) is 3.60. The number of likely N-dealkylation sites (tertiary alicyclic amines) is 1. The van der Waals surface area contributed by atoms with Gasteiger partial charge >= 0.3 is 5.97 Å². The van der Waals surface area contributed by atoms with Gasteiger partial charge in [0.2, 0.25) is 0 Å². The van der Waals surface area contributed by atoms with Gasteiger partial charge in [-0.05, 0) is 62.3 Å². The molecule has 2 aliphatic rings. The number of hydrogen-bond acceptors (Lipinski definition) is 3. The lowest BCUT2D eigenvalue weighted by molar-refractivity contribution is -0.143. The molecule has 0 radical (unpaired) electrons. The van der Waals surface area contributed by atoms with Crippen molar-refractivity contribution in [1.82, 2.24) is 4.90 Å². The Bertz CT molecular complexity index is 582. The topological polar surface area (TPSA) is 57.6 Å². The van der Waals surface area contributed by atoms with Gasteiger partial charge in [0.25, 0.3) is 0 Å². The number of Topliss-reactive ketones (excluding diaryl/α,β-unsaturated/α-hetero) is 1. The summed E-state index contributed by atoms with van der Waals surface area (Å²) in [6.07, 6.45) is 6.21. The maximum absolute atomic E-state index is 12.5. The SMILES string of the molecule is O=C(CN1CCCC(C(=O)O)C1)c1ccc2c(c1)CCCC2. The van der Waals surface area contributed by atoms with Crippen LogP contribution in [-0.2, 0) is 17.6 Å². The molecule has 1 aromatic rings. The maximum Gasteiger partial charge on any atom is 0.307 e. The number of aliphatic carboxylic acids is 1. The van der Waals surface area contributed by atoms with Crippen LogP contribution < -0.4 is 0 Å². The first-order chi connectivity index (χ1) is 10.6. The molecular weight excluding hydrogens is 278 g/mol. The van der Waals surface area contributed by atoms with E-state index in [1.165, 1.54) is 24.0 Å². The van der Waals surface area contributed by atoms with Gasteiger partial charge in [-0.2, -0.15) is 0 Å². The molecule has 0 amide bonds. The Morgan fingerprint density at radius 1 is 1.14 bits per heavy atom. The second kappa shape index (κ2) is 6.61. The van der Waals surface area contributed by atoms with E-state index >= 15 is 0 Å².